The summed E-state index contributed by atoms with van der Waals surface area (Å²) in [5.41, 5.74) is 0.933. The fourth-order valence-electron chi connectivity index (χ4n) is 3.42. The number of thiazole rings is 1. The van der Waals surface area contributed by atoms with Crippen molar-refractivity contribution in [2.24, 2.45) is 0 Å². The van der Waals surface area contributed by atoms with E-state index in [-0.39, 0.29) is 12.4 Å². The third-order valence-electron chi connectivity index (χ3n) is 4.95. The standard InChI is InChI=1S/C21H21ClF3N3O3S/c22-14-1-6-18-19(11-14)32-20(26-18)28-9-7-27(8-10-28)12-15(29)13-30-16-2-4-17(5-3-16)31-21(23,24)25/h1-6,11,15,29H,7-10,12-13H2/t15-/m1/s1. The molecule has 172 valence electrons. The number of halogens is 4. The van der Waals surface area contributed by atoms with Crippen molar-refractivity contribution < 1.29 is 27.8 Å². The number of ether oxygens (including phenoxy) is 2. The number of anilines is 1. The first kappa shape index (κ1) is 22.9. The summed E-state index contributed by atoms with van der Waals surface area (Å²) < 4.78 is 47.0. The maximum atomic E-state index is 12.2. The molecule has 1 atom stereocenters. The molecule has 6 nitrogen and oxygen atoms in total. The van der Waals surface area contributed by atoms with E-state index >= 15 is 0 Å². The Hall–Kier alpha value is -2.27. The molecule has 1 aromatic heterocycles. The number of hydrogen-bond donors (Lipinski definition) is 1. The molecule has 32 heavy (non-hydrogen) atoms. The van der Waals surface area contributed by atoms with Gasteiger partial charge in [0.05, 0.1) is 10.2 Å². The Kier molecular flexibility index (Phi) is 6.94. The molecule has 0 radical (unpaired) electrons. The highest BCUT2D eigenvalue weighted by Crippen LogP contribution is 2.31. The van der Waals surface area contributed by atoms with E-state index in [2.05, 4.69) is 19.5 Å². The highest BCUT2D eigenvalue weighted by molar-refractivity contribution is 7.22. The van der Waals surface area contributed by atoms with Gasteiger partial charge >= 0.3 is 6.36 Å². The summed E-state index contributed by atoms with van der Waals surface area (Å²) in [6.07, 6.45) is -5.46. The van der Waals surface area contributed by atoms with Gasteiger partial charge in [-0.05, 0) is 42.5 Å². The fraction of sp³-hybridized carbons (Fsp3) is 0.381. The van der Waals surface area contributed by atoms with Crippen LogP contribution >= 0.6 is 22.9 Å². The number of hydrogen-bond acceptors (Lipinski definition) is 7. The highest BCUT2D eigenvalue weighted by Gasteiger charge is 2.31. The average Bonchev–Trinajstić information content (AvgIpc) is 3.16. The summed E-state index contributed by atoms with van der Waals surface area (Å²) in [5.74, 6) is 0.0406. The molecule has 2 aromatic carbocycles. The second kappa shape index (κ2) is 9.70. The summed E-state index contributed by atoms with van der Waals surface area (Å²) in [4.78, 5) is 9.05. The Bertz CT molecular complexity index is 1040. The number of fused-ring (bicyclic) bond motifs is 1. The van der Waals surface area contributed by atoms with Gasteiger partial charge in [-0.15, -0.1) is 13.2 Å². The SMILES string of the molecule is O[C@@H](COc1ccc(OC(F)(F)F)cc1)CN1CCN(c2nc3ccc(Cl)cc3s2)CC1. The van der Waals surface area contributed by atoms with Crippen molar-refractivity contribution in [3.63, 3.8) is 0 Å². The van der Waals surface area contributed by atoms with Crippen LogP contribution in [0.4, 0.5) is 18.3 Å². The Morgan fingerprint density at radius 1 is 1.06 bits per heavy atom. The van der Waals surface area contributed by atoms with Crippen molar-refractivity contribution in [2.75, 3.05) is 44.2 Å². The van der Waals surface area contributed by atoms with Crippen LogP contribution in [0.5, 0.6) is 11.5 Å². The predicted molar refractivity (Wildman–Crippen MR) is 118 cm³/mol. The van der Waals surface area contributed by atoms with E-state index in [0.717, 1.165) is 41.5 Å². The molecule has 0 amide bonds. The van der Waals surface area contributed by atoms with E-state index < -0.39 is 12.5 Å². The van der Waals surface area contributed by atoms with Crippen molar-refractivity contribution >= 4 is 38.3 Å². The van der Waals surface area contributed by atoms with Gasteiger partial charge in [0.2, 0.25) is 0 Å². The number of β-amino-alcohol motifs (C(OH)–C–C–N with tert-alkyl or cyclic N) is 1. The zero-order valence-corrected chi connectivity index (χ0v) is 18.5. The maximum Gasteiger partial charge on any atom is 0.573 e. The van der Waals surface area contributed by atoms with Crippen LogP contribution < -0.4 is 14.4 Å². The lowest BCUT2D eigenvalue weighted by Gasteiger charge is -2.35. The fourth-order valence-corrected chi connectivity index (χ4v) is 4.72. The van der Waals surface area contributed by atoms with Crippen LogP contribution in [-0.2, 0) is 0 Å². The van der Waals surface area contributed by atoms with Gasteiger partial charge in [-0.25, -0.2) is 4.98 Å². The van der Waals surface area contributed by atoms with Gasteiger partial charge in [-0.1, -0.05) is 22.9 Å². The number of benzene rings is 2. The Morgan fingerprint density at radius 3 is 2.44 bits per heavy atom. The van der Waals surface area contributed by atoms with Crippen molar-refractivity contribution in [2.45, 2.75) is 12.5 Å². The van der Waals surface area contributed by atoms with Gasteiger partial charge in [0.1, 0.15) is 24.2 Å². The first-order valence-corrected chi connectivity index (χ1v) is 11.1. The van der Waals surface area contributed by atoms with Crippen molar-refractivity contribution in [3.8, 4) is 11.5 Å². The molecule has 1 N–H and O–H groups in total. The van der Waals surface area contributed by atoms with Crippen LogP contribution in [0, 0.1) is 0 Å². The quantitative estimate of drug-likeness (QED) is 0.533. The second-order valence-electron chi connectivity index (χ2n) is 7.38. The molecule has 4 rings (SSSR count). The summed E-state index contributed by atoms with van der Waals surface area (Å²) in [6.45, 7) is 3.62. The molecular weight excluding hydrogens is 467 g/mol. The molecule has 1 aliphatic heterocycles. The van der Waals surface area contributed by atoms with Gasteiger partial charge in [0.25, 0.3) is 0 Å². The molecule has 11 heteroatoms. The minimum absolute atomic E-state index is 0.0400. The Balaban J connectivity index is 1.21. The first-order chi connectivity index (χ1) is 15.2. The lowest BCUT2D eigenvalue weighted by molar-refractivity contribution is -0.274. The third kappa shape index (κ3) is 6.16. The van der Waals surface area contributed by atoms with Crippen LogP contribution in [0.1, 0.15) is 0 Å². The number of aromatic nitrogens is 1. The molecule has 0 spiro atoms. The van der Waals surface area contributed by atoms with Gasteiger partial charge in [-0.2, -0.15) is 0 Å². The zero-order chi connectivity index (χ0) is 22.7. The number of aliphatic hydroxyl groups is 1. The van der Waals surface area contributed by atoms with E-state index in [0.29, 0.717) is 17.3 Å². The van der Waals surface area contributed by atoms with Crippen molar-refractivity contribution in [1.82, 2.24) is 9.88 Å². The molecular formula is C21H21ClF3N3O3S. The third-order valence-corrected chi connectivity index (χ3v) is 6.26. The Labute approximate surface area is 191 Å². The van der Waals surface area contributed by atoms with E-state index in [1.807, 2.05) is 18.2 Å². The first-order valence-electron chi connectivity index (χ1n) is 9.95. The summed E-state index contributed by atoms with van der Waals surface area (Å²) in [5, 5.41) is 12.0. The topological polar surface area (TPSA) is 58.1 Å². The highest BCUT2D eigenvalue weighted by atomic mass is 35.5. The van der Waals surface area contributed by atoms with Crippen LogP contribution in [-0.4, -0.2) is 66.8 Å². The molecule has 1 saturated heterocycles. The van der Waals surface area contributed by atoms with Crippen LogP contribution in [0.15, 0.2) is 42.5 Å². The molecule has 1 aliphatic rings. The van der Waals surface area contributed by atoms with E-state index in [9.17, 15) is 18.3 Å². The van der Waals surface area contributed by atoms with Crippen molar-refractivity contribution in [3.05, 3.63) is 47.5 Å². The molecule has 0 saturated carbocycles. The van der Waals surface area contributed by atoms with Crippen LogP contribution in [0.25, 0.3) is 10.2 Å². The normalized spacial score (nSPS) is 16.3. The summed E-state index contributed by atoms with van der Waals surface area (Å²) >= 11 is 7.67. The molecule has 0 bridgehead atoms. The summed E-state index contributed by atoms with van der Waals surface area (Å²) in [6, 6.07) is 10.8. The van der Waals surface area contributed by atoms with Crippen molar-refractivity contribution in [1.29, 1.82) is 0 Å². The van der Waals surface area contributed by atoms with Gasteiger partial charge in [0, 0.05) is 37.7 Å². The smallest absolute Gasteiger partial charge is 0.491 e. The predicted octanol–water partition coefficient (Wildman–Crippen LogP) is 4.41. The molecule has 2 heterocycles. The minimum Gasteiger partial charge on any atom is -0.491 e. The van der Waals surface area contributed by atoms with Crippen LogP contribution in [0.3, 0.4) is 0 Å². The molecule has 3 aromatic rings. The van der Waals surface area contributed by atoms with E-state index in [4.69, 9.17) is 16.3 Å². The number of alkyl halides is 3. The number of piperazine rings is 1. The molecule has 1 fully saturated rings. The molecule has 0 unspecified atom stereocenters. The Morgan fingerprint density at radius 2 is 1.75 bits per heavy atom. The van der Waals surface area contributed by atoms with E-state index in [1.54, 1.807) is 11.3 Å². The minimum atomic E-state index is -4.73. The number of aliphatic hydroxyl groups excluding tert-OH is 1. The largest absolute Gasteiger partial charge is 0.573 e. The lowest BCUT2D eigenvalue weighted by atomic mass is 10.2. The van der Waals surface area contributed by atoms with Gasteiger partial charge in [-0.3, -0.25) is 4.90 Å². The van der Waals surface area contributed by atoms with Gasteiger partial charge in [0.15, 0.2) is 5.13 Å². The lowest BCUT2D eigenvalue weighted by Crippen LogP contribution is -2.49. The second-order valence-corrected chi connectivity index (χ2v) is 8.83. The number of rotatable bonds is 7. The average molecular weight is 488 g/mol. The van der Waals surface area contributed by atoms with Crippen LogP contribution in [0.2, 0.25) is 5.02 Å². The molecule has 0 aliphatic carbocycles. The maximum absolute atomic E-state index is 12.2. The number of nitrogens with zero attached hydrogens (tertiary/aromatic N) is 3. The zero-order valence-electron chi connectivity index (χ0n) is 16.9. The van der Waals surface area contributed by atoms with E-state index in [1.165, 1.54) is 24.3 Å². The monoisotopic (exact) mass is 487 g/mol. The van der Waals surface area contributed by atoms with Gasteiger partial charge < -0.3 is 19.5 Å². The summed E-state index contributed by atoms with van der Waals surface area (Å²) in [7, 11) is 0.